The van der Waals surface area contributed by atoms with Crippen molar-refractivity contribution in [2.24, 2.45) is 5.73 Å². The smallest absolute Gasteiger partial charge is 0.0538 e. The normalized spacial score (nSPS) is 20.2. The van der Waals surface area contributed by atoms with E-state index >= 15 is 0 Å². The van der Waals surface area contributed by atoms with E-state index in [0.717, 1.165) is 24.4 Å². The fraction of sp³-hybridized carbons (Fsp3) is 0.625. The summed E-state index contributed by atoms with van der Waals surface area (Å²) >= 11 is 5.98. The van der Waals surface area contributed by atoms with E-state index in [2.05, 4.69) is 24.0 Å². The van der Waals surface area contributed by atoms with Gasteiger partial charge in [-0.15, -0.1) is 0 Å². The predicted octanol–water partition coefficient (Wildman–Crippen LogP) is 3.78. The van der Waals surface area contributed by atoms with Gasteiger partial charge in [-0.3, -0.25) is 0 Å². The first kappa shape index (κ1) is 14.8. The van der Waals surface area contributed by atoms with Gasteiger partial charge in [0.05, 0.1) is 5.54 Å². The lowest BCUT2D eigenvalue weighted by Crippen LogP contribution is -2.49. The molecule has 1 aliphatic heterocycles. The number of rotatable bonds is 5. The lowest BCUT2D eigenvalue weighted by Gasteiger charge is -2.37. The largest absolute Gasteiger partial charge is 0.320 e. The first-order valence-electron chi connectivity index (χ1n) is 7.41. The Balaban J connectivity index is 2.13. The number of nitrogens with two attached hydrogens (primary N) is 1. The zero-order chi connectivity index (χ0) is 13.7. The van der Waals surface area contributed by atoms with Crippen LogP contribution in [-0.4, -0.2) is 24.5 Å². The highest BCUT2D eigenvalue weighted by Crippen LogP contribution is 2.27. The fourth-order valence-corrected chi connectivity index (χ4v) is 3.19. The van der Waals surface area contributed by atoms with Crippen molar-refractivity contribution in [1.82, 2.24) is 4.90 Å². The second-order valence-corrected chi connectivity index (χ2v) is 6.19. The molecule has 0 aromatic heterocycles. The molecule has 2 rings (SSSR count). The molecule has 0 bridgehead atoms. The quantitative estimate of drug-likeness (QED) is 0.889. The van der Waals surface area contributed by atoms with Crippen molar-refractivity contribution in [2.75, 3.05) is 19.6 Å². The Labute approximate surface area is 121 Å². The summed E-state index contributed by atoms with van der Waals surface area (Å²) in [6.07, 6.45) is 6.10. The number of halogens is 1. The van der Waals surface area contributed by atoms with Gasteiger partial charge >= 0.3 is 0 Å². The third-order valence-electron chi connectivity index (χ3n) is 4.07. The molecule has 0 radical (unpaired) electrons. The summed E-state index contributed by atoms with van der Waals surface area (Å²) in [5, 5.41) is 0.778. The van der Waals surface area contributed by atoms with Crippen LogP contribution < -0.4 is 5.73 Å². The van der Waals surface area contributed by atoms with Crippen molar-refractivity contribution >= 4 is 11.6 Å². The topological polar surface area (TPSA) is 29.3 Å². The van der Waals surface area contributed by atoms with Crippen LogP contribution in [0.4, 0.5) is 0 Å². The van der Waals surface area contributed by atoms with Crippen LogP contribution in [0, 0.1) is 0 Å². The van der Waals surface area contributed by atoms with E-state index < -0.39 is 0 Å². The Kier molecular flexibility index (Phi) is 5.26. The summed E-state index contributed by atoms with van der Waals surface area (Å²) in [5.74, 6) is 0. The molecule has 1 heterocycles. The number of hydrogen-bond donors (Lipinski definition) is 1. The second kappa shape index (κ2) is 6.74. The Morgan fingerprint density at radius 1 is 1.16 bits per heavy atom. The van der Waals surface area contributed by atoms with Crippen molar-refractivity contribution in [1.29, 1.82) is 0 Å². The molecule has 1 aliphatic rings. The molecule has 1 atom stereocenters. The average molecular weight is 281 g/mol. The molecule has 2 nitrogen and oxygen atoms in total. The van der Waals surface area contributed by atoms with Crippen LogP contribution in [0.15, 0.2) is 24.3 Å². The molecule has 1 fully saturated rings. The van der Waals surface area contributed by atoms with Crippen LogP contribution in [0.3, 0.4) is 0 Å². The maximum absolute atomic E-state index is 6.73. The minimum absolute atomic E-state index is 0.239. The Morgan fingerprint density at radius 3 is 2.37 bits per heavy atom. The summed E-state index contributed by atoms with van der Waals surface area (Å²) in [5.41, 5.74) is 7.70. The van der Waals surface area contributed by atoms with E-state index in [1.807, 2.05) is 12.1 Å². The number of nitrogens with zero attached hydrogens (tertiary/aromatic N) is 1. The van der Waals surface area contributed by atoms with Gasteiger partial charge in [0.25, 0.3) is 0 Å². The average Bonchev–Trinajstić information content (AvgIpc) is 2.40. The van der Waals surface area contributed by atoms with Gasteiger partial charge in [-0.2, -0.15) is 0 Å². The third kappa shape index (κ3) is 3.95. The van der Waals surface area contributed by atoms with Crippen LogP contribution in [0.2, 0.25) is 5.02 Å². The second-order valence-electron chi connectivity index (χ2n) is 5.75. The zero-order valence-corrected chi connectivity index (χ0v) is 12.6. The Bertz CT molecular complexity index is 384. The Morgan fingerprint density at radius 2 is 1.79 bits per heavy atom. The molecule has 106 valence electrons. The van der Waals surface area contributed by atoms with Crippen LogP contribution in [-0.2, 0) is 5.54 Å². The summed E-state index contributed by atoms with van der Waals surface area (Å²) in [6.45, 7) is 5.54. The highest BCUT2D eigenvalue weighted by molar-refractivity contribution is 6.30. The summed E-state index contributed by atoms with van der Waals surface area (Å²) in [6, 6.07) is 8.07. The minimum Gasteiger partial charge on any atom is -0.320 e. The lowest BCUT2D eigenvalue weighted by atomic mass is 9.85. The van der Waals surface area contributed by atoms with E-state index in [-0.39, 0.29) is 5.54 Å². The zero-order valence-electron chi connectivity index (χ0n) is 11.9. The number of hydrogen-bond acceptors (Lipinski definition) is 2. The molecule has 0 saturated carbocycles. The SMILES string of the molecule is CCCC(N)(CN1CCCCC1)c1ccc(Cl)cc1. The van der Waals surface area contributed by atoms with Crippen molar-refractivity contribution in [2.45, 2.75) is 44.6 Å². The van der Waals surface area contributed by atoms with E-state index in [1.54, 1.807) is 0 Å². The highest BCUT2D eigenvalue weighted by atomic mass is 35.5. The number of piperidine rings is 1. The standard InChI is InChI=1S/C16H25ClN2/c1-2-10-16(18,13-19-11-4-3-5-12-19)14-6-8-15(17)9-7-14/h6-9H,2-5,10-13,18H2,1H3. The van der Waals surface area contributed by atoms with Crippen molar-refractivity contribution in [3.63, 3.8) is 0 Å². The molecule has 3 heteroatoms. The summed E-state index contributed by atoms with van der Waals surface area (Å²) < 4.78 is 0. The summed E-state index contributed by atoms with van der Waals surface area (Å²) in [4.78, 5) is 2.52. The van der Waals surface area contributed by atoms with E-state index in [4.69, 9.17) is 17.3 Å². The minimum atomic E-state index is -0.239. The van der Waals surface area contributed by atoms with E-state index in [9.17, 15) is 0 Å². The number of likely N-dealkylation sites (tertiary alicyclic amines) is 1. The van der Waals surface area contributed by atoms with Crippen LogP contribution in [0.25, 0.3) is 0 Å². The molecule has 19 heavy (non-hydrogen) atoms. The third-order valence-corrected chi connectivity index (χ3v) is 4.32. The molecule has 1 saturated heterocycles. The van der Waals surface area contributed by atoms with Crippen LogP contribution in [0.5, 0.6) is 0 Å². The molecule has 2 N–H and O–H groups in total. The van der Waals surface area contributed by atoms with Gasteiger partial charge < -0.3 is 10.6 Å². The van der Waals surface area contributed by atoms with Crippen LogP contribution in [0.1, 0.15) is 44.6 Å². The monoisotopic (exact) mass is 280 g/mol. The molecule has 1 aromatic carbocycles. The van der Waals surface area contributed by atoms with Crippen LogP contribution >= 0.6 is 11.6 Å². The van der Waals surface area contributed by atoms with Crippen molar-refractivity contribution in [3.8, 4) is 0 Å². The molecule has 1 aromatic rings. The van der Waals surface area contributed by atoms with Gasteiger partial charge in [-0.25, -0.2) is 0 Å². The van der Waals surface area contributed by atoms with Gasteiger partial charge in [-0.05, 0) is 50.0 Å². The summed E-state index contributed by atoms with van der Waals surface area (Å²) in [7, 11) is 0. The molecule has 0 aliphatic carbocycles. The van der Waals surface area contributed by atoms with E-state index in [1.165, 1.54) is 37.9 Å². The first-order valence-corrected chi connectivity index (χ1v) is 7.79. The molecule has 0 amide bonds. The highest BCUT2D eigenvalue weighted by Gasteiger charge is 2.29. The molecular weight excluding hydrogens is 256 g/mol. The van der Waals surface area contributed by atoms with Gasteiger partial charge in [0.1, 0.15) is 0 Å². The molecule has 1 unspecified atom stereocenters. The maximum Gasteiger partial charge on any atom is 0.0538 e. The first-order chi connectivity index (χ1) is 9.14. The maximum atomic E-state index is 6.73. The molecule has 0 spiro atoms. The predicted molar refractivity (Wildman–Crippen MR) is 82.5 cm³/mol. The van der Waals surface area contributed by atoms with E-state index in [0.29, 0.717) is 0 Å². The van der Waals surface area contributed by atoms with Gasteiger partial charge in [0.2, 0.25) is 0 Å². The van der Waals surface area contributed by atoms with Gasteiger partial charge in [0, 0.05) is 11.6 Å². The Hall–Kier alpha value is -0.570. The van der Waals surface area contributed by atoms with Crippen molar-refractivity contribution < 1.29 is 0 Å². The number of benzene rings is 1. The fourth-order valence-electron chi connectivity index (χ4n) is 3.06. The van der Waals surface area contributed by atoms with Gasteiger partial charge in [-0.1, -0.05) is 43.5 Å². The lowest BCUT2D eigenvalue weighted by molar-refractivity contribution is 0.171. The van der Waals surface area contributed by atoms with Gasteiger partial charge in [0.15, 0.2) is 0 Å². The van der Waals surface area contributed by atoms with Crippen molar-refractivity contribution in [3.05, 3.63) is 34.9 Å². The molecular formula is C16H25ClN2.